The maximum absolute atomic E-state index is 5.64. The van der Waals surface area contributed by atoms with Crippen molar-refractivity contribution in [2.24, 2.45) is 0 Å². The predicted molar refractivity (Wildman–Crippen MR) is 158 cm³/mol. The van der Waals surface area contributed by atoms with Crippen LogP contribution in [0.2, 0.25) is 0 Å². The number of thiazole rings is 1. The lowest BCUT2D eigenvalue weighted by Gasteiger charge is -2.11. The number of fused-ring (bicyclic) bond motifs is 4. The molecule has 8 rings (SSSR count). The van der Waals surface area contributed by atoms with Crippen molar-refractivity contribution in [2.45, 2.75) is 0 Å². The average molecular weight is 521 g/mol. The molecule has 0 aliphatic carbocycles. The Labute approximate surface area is 227 Å². The summed E-state index contributed by atoms with van der Waals surface area (Å²) in [6.45, 7) is 0. The van der Waals surface area contributed by atoms with Crippen LogP contribution in [0, 0.1) is 0 Å². The molecule has 5 nitrogen and oxygen atoms in total. The first kappa shape index (κ1) is 22.0. The van der Waals surface area contributed by atoms with Gasteiger partial charge < -0.3 is 8.98 Å². The lowest BCUT2D eigenvalue weighted by Crippen LogP contribution is -1.95. The molecule has 0 aliphatic heterocycles. The van der Waals surface area contributed by atoms with Crippen LogP contribution in [-0.2, 0) is 0 Å². The highest BCUT2D eigenvalue weighted by Crippen LogP contribution is 2.38. The van der Waals surface area contributed by atoms with E-state index >= 15 is 0 Å². The van der Waals surface area contributed by atoms with Crippen molar-refractivity contribution in [3.63, 3.8) is 0 Å². The van der Waals surface area contributed by atoms with Crippen molar-refractivity contribution in [1.82, 2.24) is 19.5 Å². The molecule has 4 aromatic heterocycles. The Morgan fingerprint density at radius 2 is 1.46 bits per heavy atom. The molecule has 0 atom stereocenters. The van der Waals surface area contributed by atoms with Crippen LogP contribution in [0.15, 0.2) is 126 Å². The van der Waals surface area contributed by atoms with Crippen LogP contribution in [0.5, 0.6) is 0 Å². The van der Waals surface area contributed by atoms with Gasteiger partial charge >= 0.3 is 0 Å². The van der Waals surface area contributed by atoms with Crippen molar-refractivity contribution in [1.29, 1.82) is 0 Å². The lowest BCUT2D eigenvalue weighted by molar-refractivity contribution is 0.574. The highest BCUT2D eigenvalue weighted by molar-refractivity contribution is 7.21. The summed E-state index contributed by atoms with van der Waals surface area (Å²) < 4.78 is 9.14. The average Bonchev–Trinajstić information content (AvgIpc) is 3.75. The van der Waals surface area contributed by atoms with E-state index < -0.39 is 0 Å². The molecular weight excluding hydrogens is 500 g/mol. The quantitative estimate of drug-likeness (QED) is 0.233. The van der Waals surface area contributed by atoms with E-state index in [9.17, 15) is 0 Å². The van der Waals surface area contributed by atoms with Crippen LogP contribution in [0.1, 0.15) is 0 Å². The standard InChI is InChI=1S/C33H20N4OS/c1-2-10-31-28(9-1)36-33(39-31)23-12-14-26-25-13-11-22(32-35-16-17-38-32)19-29(25)37(30(26)20-23)24-7-5-6-21(18-24)27-8-3-4-15-34-27/h1-20H. The maximum Gasteiger partial charge on any atom is 0.225 e. The molecule has 4 aromatic carbocycles. The molecule has 39 heavy (non-hydrogen) atoms. The number of rotatable bonds is 4. The van der Waals surface area contributed by atoms with Gasteiger partial charge in [-0.3, -0.25) is 4.98 Å². The van der Waals surface area contributed by atoms with Gasteiger partial charge in [-0.25, -0.2) is 9.97 Å². The molecule has 0 N–H and O–H groups in total. The van der Waals surface area contributed by atoms with Crippen molar-refractivity contribution < 1.29 is 4.42 Å². The Morgan fingerprint density at radius 3 is 2.26 bits per heavy atom. The molecule has 0 bridgehead atoms. The molecule has 0 unspecified atom stereocenters. The molecule has 0 saturated carbocycles. The first-order valence-electron chi connectivity index (χ1n) is 12.7. The molecule has 184 valence electrons. The maximum atomic E-state index is 5.64. The van der Waals surface area contributed by atoms with E-state index in [4.69, 9.17) is 9.40 Å². The van der Waals surface area contributed by atoms with Gasteiger partial charge in [-0.1, -0.05) is 48.5 Å². The van der Waals surface area contributed by atoms with E-state index in [1.165, 1.54) is 15.5 Å². The summed E-state index contributed by atoms with van der Waals surface area (Å²) in [5.74, 6) is 0.603. The number of oxazole rings is 1. The van der Waals surface area contributed by atoms with Crippen molar-refractivity contribution in [2.75, 3.05) is 0 Å². The third-order valence-corrected chi connectivity index (χ3v) is 8.14. The third kappa shape index (κ3) is 3.65. The predicted octanol–water partition coefficient (Wildman–Crippen LogP) is 8.78. The molecule has 0 saturated heterocycles. The molecule has 0 spiro atoms. The second kappa shape index (κ2) is 8.75. The van der Waals surface area contributed by atoms with Crippen LogP contribution in [0.3, 0.4) is 0 Å². The summed E-state index contributed by atoms with van der Waals surface area (Å²) in [6.07, 6.45) is 5.11. The largest absolute Gasteiger partial charge is 0.445 e. The van der Waals surface area contributed by atoms with E-state index in [1.807, 2.05) is 30.5 Å². The van der Waals surface area contributed by atoms with Gasteiger partial charge in [0.1, 0.15) is 11.3 Å². The monoisotopic (exact) mass is 520 g/mol. The highest BCUT2D eigenvalue weighted by atomic mass is 32.1. The molecule has 6 heteroatoms. The summed E-state index contributed by atoms with van der Waals surface area (Å²) in [7, 11) is 0. The molecule has 0 amide bonds. The van der Waals surface area contributed by atoms with Crippen LogP contribution in [0.25, 0.3) is 71.0 Å². The minimum atomic E-state index is 0.603. The summed E-state index contributed by atoms with van der Waals surface area (Å²) in [5, 5.41) is 3.36. The summed E-state index contributed by atoms with van der Waals surface area (Å²) in [4.78, 5) is 13.9. The van der Waals surface area contributed by atoms with Gasteiger partial charge in [0.2, 0.25) is 5.89 Å². The van der Waals surface area contributed by atoms with Crippen LogP contribution in [0.4, 0.5) is 0 Å². The van der Waals surface area contributed by atoms with E-state index in [0.29, 0.717) is 5.89 Å². The van der Waals surface area contributed by atoms with Crippen LogP contribution in [-0.4, -0.2) is 19.5 Å². The SMILES string of the molecule is c1ccc(-c2cccc(-n3c4cc(-c5ncco5)ccc4c4ccc(-c5nc6ccccc6s5)cc43)c2)nc1. The van der Waals surface area contributed by atoms with Crippen LogP contribution >= 0.6 is 11.3 Å². The fraction of sp³-hybridized carbons (Fsp3) is 0. The number of hydrogen-bond acceptors (Lipinski definition) is 5. The molecule has 0 aliphatic rings. The Bertz CT molecular complexity index is 2090. The van der Waals surface area contributed by atoms with Gasteiger partial charge in [-0.2, -0.15) is 0 Å². The van der Waals surface area contributed by atoms with Gasteiger partial charge in [0, 0.05) is 39.3 Å². The van der Waals surface area contributed by atoms with E-state index in [-0.39, 0.29) is 0 Å². The Morgan fingerprint density at radius 1 is 0.641 bits per heavy atom. The number of aromatic nitrogens is 4. The Balaban J connectivity index is 1.40. The summed E-state index contributed by atoms with van der Waals surface area (Å²) in [6, 6.07) is 35.9. The summed E-state index contributed by atoms with van der Waals surface area (Å²) in [5.41, 5.74) is 8.32. The Kier molecular flexibility index (Phi) is 4.93. The minimum absolute atomic E-state index is 0.603. The zero-order valence-electron chi connectivity index (χ0n) is 20.7. The van der Waals surface area contributed by atoms with Crippen molar-refractivity contribution in [3.8, 4) is 39.0 Å². The van der Waals surface area contributed by atoms with E-state index in [2.05, 4.69) is 93.4 Å². The van der Waals surface area contributed by atoms with Crippen molar-refractivity contribution >= 4 is 43.4 Å². The van der Waals surface area contributed by atoms with Gasteiger partial charge in [-0.05, 0) is 54.6 Å². The zero-order chi connectivity index (χ0) is 25.8. The molecule has 0 radical (unpaired) electrons. The first-order valence-corrected chi connectivity index (χ1v) is 13.5. The van der Waals surface area contributed by atoms with Gasteiger partial charge in [-0.15, -0.1) is 11.3 Å². The lowest BCUT2D eigenvalue weighted by atomic mass is 10.1. The van der Waals surface area contributed by atoms with E-state index in [1.54, 1.807) is 23.8 Å². The third-order valence-electron chi connectivity index (χ3n) is 7.05. The molecular formula is C33H20N4OS. The second-order valence-corrected chi connectivity index (χ2v) is 10.4. The zero-order valence-corrected chi connectivity index (χ0v) is 21.5. The normalized spacial score (nSPS) is 11.6. The number of benzene rings is 4. The first-order chi connectivity index (χ1) is 19.3. The number of pyridine rings is 1. The van der Waals surface area contributed by atoms with Crippen LogP contribution < -0.4 is 0 Å². The molecule has 4 heterocycles. The van der Waals surface area contributed by atoms with Gasteiger partial charge in [0.15, 0.2) is 0 Å². The van der Waals surface area contributed by atoms with Crippen molar-refractivity contribution in [3.05, 3.63) is 122 Å². The topological polar surface area (TPSA) is 56.7 Å². The highest BCUT2D eigenvalue weighted by Gasteiger charge is 2.17. The number of nitrogens with zero attached hydrogens (tertiary/aromatic N) is 4. The smallest absolute Gasteiger partial charge is 0.225 e. The molecule has 8 aromatic rings. The number of para-hydroxylation sites is 1. The Hall–Kier alpha value is -5.07. The van der Waals surface area contributed by atoms with E-state index in [0.717, 1.165) is 49.6 Å². The number of hydrogen-bond donors (Lipinski definition) is 0. The fourth-order valence-corrected chi connectivity index (χ4v) is 6.22. The fourth-order valence-electron chi connectivity index (χ4n) is 5.26. The molecule has 0 fully saturated rings. The van der Waals surface area contributed by atoms with Gasteiger partial charge in [0.25, 0.3) is 0 Å². The second-order valence-electron chi connectivity index (χ2n) is 9.39. The summed E-state index contributed by atoms with van der Waals surface area (Å²) >= 11 is 1.72. The van der Waals surface area contributed by atoms with Gasteiger partial charge in [0.05, 0.1) is 33.1 Å². The minimum Gasteiger partial charge on any atom is -0.445 e.